The predicted octanol–water partition coefficient (Wildman–Crippen LogP) is 4.40. The lowest BCUT2D eigenvalue weighted by molar-refractivity contribution is -0.137. The molecule has 0 atom stereocenters. The second-order valence-corrected chi connectivity index (χ2v) is 3.91. The van der Waals surface area contributed by atoms with Gasteiger partial charge in [-0.2, -0.15) is 22.5 Å². The fourth-order valence-electron chi connectivity index (χ4n) is 1.46. The highest BCUT2D eigenvalue weighted by molar-refractivity contribution is 5.58. The summed E-state index contributed by atoms with van der Waals surface area (Å²) in [6.07, 6.45) is -4.75. The van der Waals surface area contributed by atoms with Gasteiger partial charge in [0.1, 0.15) is 5.82 Å². The lowest BCUT2D eigenvalue weighted by Crippen LogP contribution is -2.08. The number of nitrogens with one attached hydrogen (secondary N) is 1. The van der Waals surface area contributed by atoms with E-state index in [-0.39, 0.29) is 6.07 Å². The topological polar surface area (TPSA) is 24.9 Å². The Bertz CT molecular complexity index is 682. The van der Waals surface area contributed by atoms with Crippen LogP contribution in [0.3, 0.4) is 0 Å². The van der Waals surface area contributed by atoms with E-state index in [2.05, 4.69) is 4.98 Å². The van der Waals surface area contributed by atoms with Gasteiger partial charge in [-0.05, 0) is 18.2 Å². The van der Waals surface area contributed by atoms with Gasteiger partial charge in [-0.3, -0.25) is 0 Å². The van der Waals surface area contributed by atoms with Crippen molar-refractivity contribution in [3.8, 4) is 0 Å². The number of benzene rings is 1. The third-order valence-corrected chi connectivity index (χ3v) is 2.43. The highest BCUT2D eigenvalue weighted by Crippen LogP contribution is 2.32. The van der Waals surface area contributed by atoms with Crippen molar-refractivity contribution < 1.29 is 30.7 Å². The number of hydrogen-bond acceptors (Lipinski definition) is 2. The molecule has 0 unspecified atom stereocenters. The molecule has 1 N–H and O–H groups in total. The van der Waals surface area contributed by atoms with E-state index in [1.807, 2.05) is 5.32 Å². The summed E-state index contributed by atoms with van der Waals surface area (Å²) < 4.78 is 89.7. The largest absolute Gasteiger partial charge is 0.416 e. The number of hydrogen-bond donors (Lipinski definition) is 1. The van der Waals surface area contributed by atoms with Gasteiger partial charge in [0, 0.05) is 6.07 Å². The van der Waals surface area contributed by atoms with Crippen LogP contribution in [0.15, 0.2) is 24.3 Å². The first-order valence-corrected chi connectivity index (χ1v) is 5.34. The van der Waals surface area contributed by atoms with Crippen molar-refractivity contribution in [3.63, 3.8) is 0 Å². The van der Waals surface area contributed by atoms with Crippen molar-refractivity contribution in [1.82, 2.24) is 4.98 Å². The summed E-state index contributed by atoms with van der Waals surface area (Å²) in [5.74, 6) is -6.72. The van der Waals surface area contributed by atoms with E-state index in [9.17, 15) is 30.7 Å². The van der Waals surface area contributed by atoms with Crippen molar-refractivity contribution >= 4 is 11.5 Å². The molecule has 0 aliphatic carbocycles. The second-order valence-electron chi connectivity index (χ2n) is 3.91. The molecule has 0 radical (unpaired) electrons. The quantitative estimate of drug-likeness (QED) is 0.657. The standard InChI is InChI=1S/C12H5F7N2/c13-6-2-1-5(12(17,18)19)3-9(6)20-11-8(15)4-7(14)10(16)21-11/h1-4H,(H,20,21). The summed E-state index contributed by atoms with van der Waals surface area (Å²) in [5, 5.41) is 1.85. The van der Waals surface area contributed by atoms with Crippen LogP contribution in [0.25, 0.3) is 0 Å². The summed E-state index contributed by atoms with van der Waals surface area (Å²) in [7, 11) is 0. The fourth-order valence-corrected chi connectivity index (χ4v) is 1.46. The molecule has 0 bridgehead atoms. The third kappa shape index (κ3) is 3.23. The molecule has 0 aliphatic heterocycles. The summed E-state index contributed by atoms with van der Waals surface area (Å²) >= 11 is 0. The zero-order chi connectivity index (χ0) is 15.8. The number of aromatic nitrogens is 1. The van der Waals surface area contributed by atoms with Gasteiger partial charge in [0.2, 0.25) is 0 Å². The maximum atomic E-state index is 13.4. The van der Waals surface area contributed by atoms with E-state index in [4.69, 9.17) is 0 Å². The Kier molecular flexibility index (Phi) is 3.75. The molecule has 0 fully saturated rings. The molecule has 0 aliphatic rings. The minimum atomic E-state index is -4.75. The molecule has 0 amide bonds. The van der Waals surface area contributed by atoms with Crippen molar-refractivity contribution in [3.05, 3.63) is 53.2 Å². The zero-order valence-electron chi connectivity index (χ0n) is 9.90. The van der Waals surface area contributed by atoms with E-state index in [0.29, 0.717) is 18.2 Å². The Morgan fingerprint density at radius 3 is 2.14 bits per heavy atom. The van der Waals surface area contributed by atoms with Crippen molar-refractivity contribution in [2.45, 2.75) is 6.18 Å². The molecular formula is C12H5F7N2. The lowest BCUT2D eigenvalue weighted by Gasteiger charge is -2.11. The molecule has 2 rings (SSSR count). The summed E-state index contributed by atoms with van der Waals surface area (Å²) in [5.41, 5.74) is -1.98. The highest BCUT2D eigenvalue weighted by Gasteiger charge is 2.31. The maximum Gasteiger partial charge on any atom is 0.416 e. The Morgan fingerprint density at radius 2 is 1.52 bits per heavy atom. The first kappa shape index (κ1) is 15.1. The van der Waals surface area contributed by atoms with Crippen LogP contribution in [0.2, 0.25) is 0 Å². The number of nitrogens with zero attached hydrogens (tertiary/aromatic N) is 1. The number of rotatable bonds is 2. The molecule has 112 valence electrons. The molecule has 1 aromatic carbocycles. The number of halogens is 7. The minimum Gasteiger partial charge on any atom is -0.335 e. The van der Waals surface area contributed by atoms with E-state index >= 15 is 0 Å². The fraction of sp³-hybridized carbons (Fsp3) is 0.0833. The van der Waals surface area contributed by atoms with Gasteiger partial charge in [-0.15, -0.1) is 0 Å². The average Bonchev–Trinajstić information content (AvgIpc) is 2.37. The third-order valence-electron chi connectivity index (χ3n) is 2.43. The van der Waals surface area contributed by atoms with E-state index in [1.165, 1.54) is 0 Å². The van der Waals surface area contributed by atoms with Gasteiger partial charge >= 0.3 is 6.18 Å². The molecule has 0 spiro atoms. The Morgan fingerprint density at radius 1 is 0.857 bits per heavy atom. The van der Waals surface area contributed by atoms with Crippen LogP contribution < -0.4 is 5.32 Å². The zero-order valence-corrected chi connectivity index (χ0v) is 9.90. The molecule has 1 aromatic heterocycles. The molecule has 2 nitrogen and oxygen atoms in total. The Balaban J connectivity index is 2.42. The Hall–Kier alpha value is -2.32. The summed E-state index contributed by atoms with van der Waals surface area (Å²) in [6.45, 7) is 0. The predicted molar refractivity (Wildman–Crippen MR) is 58.8 cm³/mol. The number of anilines is 2. The van der Waals surface area contributed by atoms with Crippen molar-refractivity contribution in [2.24, 2.45) is 0 Å². The molecular weight excluding hydrogens is 305 g/mol. The minimum absolute atomic E-state index is 0.135. The summed E-state index contributed by atoms with van der Waals surface area (Å²) in [6, 6.07) is 1.48. The number of pyridine rings is 1. The second kappa shape index (κ2) is 5.23. The average molecular weight is 310 g/mol. The van der Waals surface area contributed by atoms with E-state index in [0.717, 1.165) is 0 Å². The van der Waals surface area contributed by atoms with Crippen LogP contribution in [0.1, 0.15) is 5.56 Å². The van der Waals surface area contributed by atoms with Crippen LogP contribution in [0.4, 0.5) is 42.2 Å². The molecule has 9 heteroatoms. The smallest absolute Gasteiger partial charge is 0.335 e. The van der Waals surface area contributed by atoms with Crippen molar-refractivity contribution in [1.29, 1.82) is 0 Å². The lowest BCUT2D eigenvalue weighted by atomic mass is 10.2. The van der Waals surface area contributed by atoms with Crippen LogP contribution >= 0.6 is 0 Å². The normalized spacial score (nSPS) is 11.6. The first-order chi connectivity index (χ1) is 9.68. The molecule has 0 saturated heterocycles. The van der Waals surface area contributed by atoms with Gasteiger partial charge in [0.05, 0.1) is 11.3 Å². The monoisotopic (exact) mass is 310 g/mol. The van der Waals surface area contributed by atoms with Gasteiger partial charge in [-0.1, -0.05) is 0 Å². The van der Waals surface area contributed by atoms with Gasteiger partial charge in [-0.25, -0.2) is 13.2 Å². The van der Waals surface area contributed by atoms with Crippen LogP contribution in [0.5, 0.6) is 0 Å². The Labute approximate surface area is 113 Å². The van der Waals surface area contributed by atoms with Crippen LogP contribution in [-0.4, -0.2) is 4.98 Å². The van der Waals surface area contributed by atoms with Crippen molar-refractivity contribution in [2.75, 3.05) is 5.32 Å². The highest BCUT2D eigenvalue weighted by atomic mass is 19.4. The summed E-state index contributed by atoms with van der Waals surface area (Å²) in [4.78, 5) is 2.82. The first-order valence-electron chi connectivity index (χ1n) is 5.34. The molecule has 0 saturated carbocycles. The van der Waals surface area contributed by atoms with Gasteiger partial charge in [0.25, 0.3) is 5.95 Å². The van der Waals surface area contributed by atoms with E-state index < -0.39 is 46.6 Å². The van der Waals surface area contributed by atoms with Crippen LogP contribution in [-0.2, 0) is 6.18 Å². The maximum absolute atomic E-state index is 13.4. The van der Waals surface area contributed by atoms with Crippen LogP contribution in [0, 0.1) is 23.4 Å². The molecule has 21 heavy (non-hydrogen) atoms. The SMILES string of the molecule is Fc1ccc(C(F)(F)F)cc1Nc1nc(F)c(F)cc1F. The molecule has 2 aromatic rings. The van der Waals surface area contributed by atoms with E-state index in [1.54, 1.807) is 0 Å². The number of alkyl halides is 3. The molecule has 1 heterocycles. The van der Waals surface area contributed by atoms with Gasteiger partial charge in [0.15, 0.2) is 17.5 Å². The van der Waals surface area contributed by atoms with Gasteiger partial charge < -0.3 is 5.32 Å².